The Hall–Kier alpha value is -2.61. The van der Waals surface area contributed by atoms with Crippen molar-refractivity contribution in [2.75, 3.05) is 27.2 Å². The fraction of sp³-hybridized carbons (Fsp3) is 0.625. The normalized spacial score (nSPS) is 13.4. The van der Waals surface area contributed by atoms with Crippen molar-refractivity contribution in [2.45, 2.75) is 65.1 Å². The average Bonchev–Trinajstić information content (AvgIpc) is 2.65. The van der Waals surface area contributed by atoms with Crippen molar-refractivity contribution in [2.24, 2.45) is 5.92 Å². The molecule has 180 valence electrons. The molecule has 0 saturated carbocycles. The minimum Gasteiger partial charge on any atom is -0.444 e. The topological polar surface area (TPSA) is 99.8 Å². The lowest BCUT2D eigenvalue weighted by Gasteiger charge is -2.27. The van der Waals surface area contributed by atoms with Gasteiger partial charge in [-0.1, -0.05) is 44.2 Å². The second-order valence-corrected chi connectivity index (χ2v) is 9.69. The van der Waals surface area contributed by atoms with Crippen LogP contribution in [0.25, 0.3) is 0 Å². The molecule has 0 fully saturated rings. The van der Waals surface area contributed by atoms with E-state index in [0.29, 0.717) is 18.9 Å². The molecular weight excluding hydrogens is 408 g/mol. The van der Waals surface area contributed by atoms with Gasteiger partial charge in [-0.2, -0.15) is 0 Å². The van der Waals surface area contributed by atoms with Crippen LogP contribution < -0.4 is 16.0 Å². The van der Waals surface area contributed by atoms with Crippen molar-refractivity contribution in [1.29, 1.82) is 0 Å². The molecule has 8 heteroatoms. The summed E-state index contributed by atoms with van der Waals surface area (Å²) in [4.78, 5) is 40.0. The lowest BCUT2D eigenvalue weighted by molar-refractivity contribution is -0.130. The standard InChI is InChI=1S/C24H40N4O4/c1-17(2)13-14-25-21(29)19(15-18-11-9-8-10-12-18)26-22(30)20(16-28(6)7)27-23(31)32-24(3,4)5/h8-12,17,19-20H,13-16H2,1-7H3,(H,25,29)(H,26,30)(H,27,31)/t19-,20+/m0/s1. The number of benzene rings is 1. The van der Waals surface area contributed by atoms with Gasteiger partial charge in [0.2, 0.25) is 11.8 Å². The Balaban J connectivity index is 2.94. The summed E-state index contributed by atoms with van der Waals surface area (Å²) in [7, 11) is 3.61. The van der Waals surface area contributed by atoms with Gasteiger partial charge in [-0.25, -0.2) is 4.79 Å². The maximum Gasteiger partial charge on any atom is 0.408 e. The number of alkyl carbamates (subject to hydrolysis) is 1. The number of ether oxygens (including phenoxy) is 1. The van der Waals surface area contributed by atoms with Gasteiger partial charge in [0.25, 0.3) is 0 Å². The molecule has 0 spiro atoms. The predicted molar refractivity (Wildman–Crippen MR) is 126 cm³/mol. The van der Waals surface area contributed by atoms with Gasteiger partial charge in [-0.3, -0.25) is 9.59 Å². The third-order valence-electron chi connectivity index (χ3n) is 4.49. The van der Waals surface area contributed by atoms with Gasteiger partial charge >= 0.3 is 6.09 Å². The largest absolute Gasteiger partial charge is 0.444 e. The summed E-state index contributed by atoms with van der Waals surface area (Å²) in [5, 5.41) is 8.37. The zero-order valence-electron chi connectivity index (χ0n) is 20.5. The number of nitrogens with zero attached hydrogens (tertiary/aromatic N) is 1. The smallest absolute Gasteiger partial charge is 0.408 e. The molecule has 0 aliphatic heterocycles. The Morgan fingerprint density at radius 2 is 1.59 bits per heavy atom. The summed E-state index contributed by atoms with van der Waals surface area (Å²) in [6.45, 7) is 10.2. The van der Waals surface area contributed by atoms with Gasteiger partial charge in [0.05, 0.1) is 0 Å². The van der Waals surface area contributed by atoms with E-state index in [1.807, 2.05) is 30.3 Å². The molecule has 0 aliphatic carbocycles. The van der Waals surface area contributed by atoms with Crippen LogP contribution in [0.3, 0.4) is 0 Å². The van der Waals surface area contributed by atoms with E-state index in [0.717, 1.165) is 12.0 Å². The van der Waals surface area contributed by atoms with Crippen molar-refractivity contribution in [3.63, 3.8) is 0 Å². The molecule has 0 aromatic heterocycles. The Morgan fingerprint density at radius 3 is 2.12 bits per heavy atom. The average molecular weight is 449 g/mol. The second-order valence-electron chi connectivity index (χ2n) is 9.69. The van der Waals surface area contributed by atoms with Gasteiger partial charge in [-0.05, 0) is 52.8 Å². The van der Waals surface area contributed by atoms with Crippen LogP contribution in [-0.2, 0) is 20.7 Å². The second kappa shape index (κ2) is 13.1. The number of likely N-dealkylation sites (N-methyl/N-ethyl adjacent to an activating group) is 1. The van der Waals surface area contributed by atoms with E-state index in [-0.39, 0.29) is 12.5 Å². The molecule has 1 aromatic rings. The molecular formula is C24H40N4O4. The first-order valence-corrected chi connectivity index (χ1v) is 11.1. The molecule has 3 N–H and O–H groups in total. The van der Waals surface area contributed by atoms with E-state index in [1.54, 1.807) is 39.8 Å². The summed E-state index contributed by atoms with van der Waals surface area (Å²) in [6.07, 6.45) is 0.517. The number of nitrogens with one attached hydrogen (secondary N) is 3. The quantitative estimate of drug-likeness (QED) is 0.483. The van der Waals surface area contributed by atoms with Crippen LogP contribution >= 0.6 is 0 Å². The van der Waals surface area contributed by atoms with E-state index in [4.69, 9.17) is 4.74 Å². The van der Waals surface area contributed by atoms with E-state index in [9.17, 15) is 14.4 Å². The maximum atomic E-state index is 13.1. The van der Waals surface area contributed by atoms with Crippen LogP contribution in [0.2, 0.25) is 0 Å². The molecule has 32 heavy (non-hydrogen) atoms. The van der Waals surface area contributed by atoms with Gasteiger partial charge in [0, 0.05) is 19.5 Å². The Morgan fingerprint density at radius 1 is 0.969 bits per heavy atom. The monoisotopic (exact) mass is 448 g/mol. The van der Waals surface area contributed by atoms with Crippen LogP contribution in [0.1, 0.15) is 46.6 Å². The first-order chi connectivity index (χ1) is 14.9. The van der Waals surface area contributed by atoms with E-state index >= 15 is 0 Å². The first kappa shape index (κ1) is 27.4. The van der Waals surface area contributed by atoms with Gasteiger partial charge in [0.1, 0.15) is 17.7 Å². The highest BCUT2D eigenvalue weighted by atomic mass is 16.6. The van der Waals surface area contributed by atoms with Crippen LogP contribution in [0, 0.1) is 5.92 Å². The van der Waals surface area contributed by atoms with Crippen LogP contribution in [0.15, 0.2) is 30.3 Å². The minimum atomic E-state index is -0.874. The van der Waals surface area contributed by atoms with E-state index in [2.05, 4.69) is 29.8 Å². The third kappa shape index (κ3) is 11.7. The molecule has 0 aliphatic rings. The SMILES string of the molecule is CC(C)CCNC(=O)[C@H](Cc1ccccc1)NC(=O)[C@@H](CN(C)C)NC(=O)OC(C)(C)C. The summed E-state index contributed by atoms with van der Waals surface area (Å²) < 4.78 is 5.30. The molecule has 1 rings (SSSR count). The fourth-order valence-corrected chi connectivity index (χ4v) is 2.95. The molecule has 0 unspecified atom stereocenters. The van der Waals surface area contributed by atoms with E-state index < -0.39 is 29.7 Å². The third-order valence-corrected chi connectivity index (χ3v) is 4.49. The van der Waals surface area contributed by atoms with Crippen LogP contribution in [-0.4, -0.2) is 67.7 Å². The Labute approximate surface area is 192 Å². The molecule has 0 saturated heterocycles. The molecule has 0 radical (unpaired) electrons. The van der Waals surface area contributed by atoms with Gasteiger partial charge < -0.3 is 25.6 Å². The lowest BCUT2D eigenvalue weighted by atomic mass is 10.0. The highest BCUT2D eigenvalue weighted by Gasteiger charge is 2.29. The number of hydrogen-bond donors (Lipinski definition) is 3. The maximum absolute atomic E-state index is 13.1. The highest BCUT2D eigenvalue weighted by molar-refractivity contribution is 5.91. The summed E-state index contributed by atoms with van der Waals surface area (Å²) in [5.74, 6) is -0.229. The molecule has 1 aromatic carbocycles. The highest BCUT2D eigenvalue weighted by Crippen LogP contribution is 2.08. The Bertz CT molecular complexity index is 729. The molecule has 0 bridgehead atoms. The number of amides is 3. The van der Waals surface area contributed by atoms with Crippen LogP contribution in [0.5, 0.6) is 0 Å². The van der Waals surface area contributed by atoms with Crippen molar-refractivity contribution >= 4 is 17.9 Å². The summed E-state index contributed by atoms with van der Waals surface area (Å²) >= 11 is 0. The number of rotatable bonds is 11. The van der Waals surface area contributed by atoms with Crippen LogP contribution in [0.4, 0.5) is 4.79 Å². The van der Waals surface area contributed by atoms with Crippen molar-refractivity contribution in [3.05, 3.63) is 35.9 Å². The Kier molecular flexibility index (Phi) is 11.2. The first-order valence-electron chi connectivity index (χ1n) is 11.1. The molecule has 8 nitrogen and oxygen atoms in total. The zero-order valence-corrected chi connectivity index (χ0v) is 20.5. The fourth-order valence-electron chi connectivity index (χ4n) is 2.95. The van der Waals surface area contributed by atoms with Crippen molar-refractivity contribution in [3.8, 4) is 0 Å². The van der Waals surface area contributed by atoms with E-state index in [1.165, 1.54) is 0 Å². The summed E-state index contributed by atoms with van der Waals surface area (Å²) in [5.41, 5.74) is 0.246. The van der Waals surface area contributed by atoms with Crippen molar-refractivity contribution < 1.29 is 19.1 Å². The number of hydrogen-bond acceptors (Lipinski definition) is 5. The minimum absolute atomic E-state index is 0.247. The number of carbonyl (C=O) groups is 3. The van der Waals surface area contributed by atoms with Crippen molar-refractivity contribution in [1.82, 2.24) is 20.9 Å². The summed E-state index contributed by atoms with van der Waals surface area (Å²) in [6, 6.07) is 7.88. The number of carbonyl (C=O) groups excluding carboxylic acids is 3. The van der Waals surface area contributed by atoms with Gasteiger partial charge in [0.15, 0.2) is 0 Å². The molecule has 2 atom stereocenters. The molecule has 0 heterocycles. The predicted octanol–water partition coefficient (Wildman–Crippen LogP) is 2.33. The lowest BCUT2D eigenvalue weighted by Crippen LogP contribution is -2.57. The zero-order chi connectivity index (χ0) is 24.3. The van der Waals surface area contributed by atoms with Gasteiger partial charge in [-0.15, -0.1) is 0 Å². The molecule has 3 amide bonds.